The highest BCUT2D eigenvalue weighted by Gasteiger charge is 2.12. The molecule has 1 N–H and O–H groups in total. The monoisotopic (exact) mass is 322 g/mol. The second-order valence-electron chi connectivity index (χ2n) is 5.24. The van der Waals surface area contributed by atoms with Gasteiger partial charge in [-0.3, -0.25) is 4.79 Å². The highest BCUT2D eigenvalue weighted by atomic mass is 16.6. The molecule has 122 valence electrons. The lowest BCUT2D eigenvalue weighted by molar-refractivity contribution is -0.120. The summed E-state index contributed by atoms with van der Waals surface area (Å²) in [5.74, 6) is 1.21. The van der Waals surface area contributed by atoms with Crippen molar-refractivity contribution in [2.45, 2.75) is 6.42 Å². The Hall–Kier alpha value is -3.08. The highest BCUT2D eigenvalue weighted by molar-refractivity contribution is 5.82. The van der Waals surface area contributed by atoms with Crippen LogP contribution in [-0.4, -0.2) is 25.3 Å². The van der Waals surface area contributed by atoms with E-state index in [0.717, 1.165) is 16.9 Å². The van der Waals surface area contributed by atoms with Crippen molar-refractivity contribution in [3.8, 4) is 11.5 Å². The van der Waals surface area contributed by atoms with Crippen molar-refractivity contribution >= 4 is 18.2 Å². The molecule has 3 rings (SSSR count). The molecule has 1 amide bonds. The molecule has 0 bridgehead atoms. The molecule has 0 aliphatic carbocycles. The number of hydrazone groups is 1. The molecule has 0 fully saturated rings. The van der Waals surface area contributed by atoms with Crippen molar-refractivity contribution in [3.05, 3.63) is 65.7 Å². The van der Waals surface area contributed by atoms with Gasteiger partial charge >= 0.3 is 0 Å². The minimum Gasteiger partial charge on any atom is -0.486 e. The van der Waals surface area contributed by atoms with Gasteiger partial charge in [-0.1, -0.05) is 42.5 Å². The third kappa shape index (κ3) is 4.46. The first-order chi connectivity index (χ1) is 11.8. The average molecular weight is 322 g/mol. The Labute approximate surface area is 140 Å². The topological polar surface area (TPSA) is 59.9 Å². The summed E-state index contributed by atoms with van der Waals surface area (Å²) in [5.41, 5.74) is 4.43. The smallest absolute Gasteiger partial charge is 0.244 e. The van der Waals surface area contributed by atoms with Gasteiger partial charge in [0.05, 0.1) is 6.42 Å². The van der Waals surface area contributed by atoms with E-state index in [1.165, 1.54) is 0 Å². The zero-order valence-corrected chi connectivity index (χ0v) is 13.1. The lowest BCUT2D eigenvalue weighted by atomic mass is 10.1. The summed E-state index contributed by atoms with van der Waals surface area (Å²) in [7, 11) is 0. The van der Waals surface area contributed by atoms with E-state index in [9.17, 15) is 4.79 Å². The van der Waals surface area contributed by atoms with Crippen molar-refractivity contribution in [3.63, 3.8) is 0 Å². The Kier molecular flexibility index (Phi) is 5.24. The highest BCUT2D eigenvalue weighted by Crippen LogP contribution is 2.30. The largest absolute Gasteiger partial charge is 0.486 e. The quantitative estimate of drug-likeness (QED) is 0.680. The van der Waals surface area contributed by atoms with Crippen molar-refractivity contribution in [2.75, 3.05) is 13.2 Å². The zero-order valence-electron chi connectivity index (χ0n) is 13.1. The number of rotatable bonds is 5. The maximum absolute atomic E-state index is 11.9. The predicted octanol–water partition coefficient (Wildman–Crippen LogP) is 2.82. The minimum absolute atomic E-state index is 0.184. The fraction of sp³-hybridized carbons (Fsp3) is 0.158. The van der Waals surface area contributed by atoms with Gasteiger partial charge in [0.25, 0.3) is 0 Å². The maximum Gasteiger partial charge on any atom is 0.244 e. The molecule has 0 atom stereocenters. The number of benzene rings is 2. The number of hydrogen-bond donors (Lipinski definition) is 1. The number of nitrogens with one attached hydrogen (secondary N) is 1. The zero-order chi connectivity index (χ0) is 16.6. The molecule has 1 heterocycles. The van der Waals surface area contributed by atoms with Crippen LogP contribution in [0.5, 0.6) is 11.5 Å². The van der Waals surface area contributed by atoms with Gasteiger partial charge in [-0.05, 0) is 29.3 Å². The third-order valence-electron chi connectivity index (χ3n) is 3.41. The van der Waals surface area contributed by atoms with Gasteiger partial charge in [-0.15, -0.1) is 0 Å². The first-order valence-corrected chi connectivity index (χ1v) is 7.73. The first kappa shape index (κ1) is 15.8. The average Bonchev–Trinajstić information content (AvgIpc) is 2.62. The molecule has 0 radical (unpaired) electrons. The molecular weight excluding hydrogens is 304 g/mol. The molecular formula is C19H18N2O3. The number of nitrogens with zero attached hydrogens (tertiary/aromatic N) is 1. The second-order valence-corrected chi connectivity index (χ2v) is 5.24. The second kappa shape index (κ2) is 7.97. The van der Waals surface area contributed by atoms with Gasteiger partial charge in [-0.2, -0.15) is 5.10 Å². The van der Waals surface area contributed by atoms with Crippen LogP contribution in [0.2, 0.25) is 0 Å². The standard InChI is InChI=1S/C19H18N2O3/c22-19(21-20-10-4-7-15-5-2-1-3-6-15)14-16-8-9-17-18(13-16)24-12-11-23-17/h1-10,13H,11-12,14H2,(H,21,22)/b7-4+,20-10-. The van der Waals surface area contributed by atoms with Gasteiger partial charge in [0.15, 0.2) is 11.5 Å². The van der Waals surface area contributed by atoms with Crippen LogP contribution in [0.25, 0.3) is 6.08 Å². The van der Waals surface area contributed by atoms with Crippen LogP contribution in [0.15, 0.2) is 59.7 Å². The lowest BCUT2D eigenvalue weighted by Crippen LogP contribution is -2.20. The molecule has 5 nitrogen and oxygen atoms in total. The Morgan fingerprint density at radius 1 is 1.08 bits per heavy atom. The molecule has 0 saturated carbocycles. The summed E-state index contributed by atoms with van der Waals surface area (Å²) < 4.78 is 11.0. The van der Waals surface area contributed by atoms with Gasteiger partial charge < -0.3 is 9.47 Å². The molecule has 0 unspecified atom stereocenters. The van der Waals surface area contributed by atoms with Crippen molar-refractivity contribution in [1.29, 1.82) is 0 Å². The van der Waals surface area contributed by atoms with E-state index in [1.807, 2.05) is 54.6 Å². The number of fused-ring (bicyclic) bond motifs is 1. The van der Waals surface area contributed by atoms with Crippen LogP contribution in [0.4, 0.5) is 0 Å². The van der Waals surface area contributed by atoms with Gasteiger partial charge in [-0.25, -0.2) is 5.43 Å². The molecule has 0 spiro atoms. The molecule has 0 saturated heterocycles. The van der Waals surface area contributed by atoms with Crippen LogP contribution in [0, 0.1) is 0 Å². The van der Waals surface area contributed by atoms with Crippen LogP contribution in [0.3, 0.4) is 0 Å². The van der Waals surface area contributed by atoms with E-state index in [1.54, 1.807) is 12.3 Å². The van der Waals surface area contributed by atoms with Gasteiger partial charge in [0.2, 0.25) is 5.91 Å². The fourth-order valence-corrected chi connectivity index (χ4v) is 2.29. The number of ether oxygens (including phenoxy) is 2. The Morgan fingerprint density at radius 3 is 2.71 bits per heavy atom. The third-order valence-corrected chi connectivity index (χ3v) is 3.41. The van der Waals surface area contributed by atoms with E-state index in [4.69, 9.17) is 9.47 Å². The molecule has 2 aromatic rings. The van der Waals surface area contributed by atoms with Crippen molar-refractivity contribution < 1.29 is 14.3 Å². The number of carbonyl (C=O) groups excluding carboxylic acids is 1. The van der Waals surface area contributed by atoms with Crippen molar-refractivity contribution in [2.24, 2.45) is 5.10 Å². The Balaban J connectivity index is 1.49. The Morgan fingerprint density at radius 2 is 1.88 bits per heavy atom. The summed E-state index contributed by atoms with van der Waals surface area (Å²) in [6.07, 6.45) is 5.47. The van der Waals surface area contributed by atoms with Crippen LogP contribution < -0.4 is 14.9 Å². The van der Waals surface area contributed by atoms with Gasteiger partial charge in [0.1, 0.15) is 13.2 Å². The number of carbonyl (C=O) groups is 1. The molecule has 2 aromatic carbocycles. The normalized spacial score (nSPS) is 13.3. The van der Waals surface area contributed by atoms with E-state index in [2.05, 4.69) is 10.5 Å². The maximum atomic E-state index is 11.9. The molecule has 5 heteroatoms. The van der Waals surface area contributed by atoms with Crippen molar-refractivity contribution in [1.82, 2.24) is 5.43 Å². The van der Waals surface area contributed by atoms with E-state index in [0.29, 0.717) is 19.0 Å². The predicted molar refractivity (Wildman–Crippen MR) is 93.2 cm³/mol. The van der Waals surface area contributed by atoms with Crippen LogP contribution >= 0.6 is 0 Å². The molecule has 24 heavy (non-hydrogen) atoms. The summed E-state index contributed by atoms with van der Waals surface area (Å²) in [4.78, 5) is 11.9. The van der Waals surface area contributed by atoms with E-state index >= 15 is 0 Å². The first-order valence-electron chi connectivity index (χ1n) is 7.73. The summed E-state index contributed by atoms with van der Waals surface area (Å²) in [6, 6.07) is 15.4. The Bertz CT molecular complexity index is 754. The van der Waals surface area contributed by atoms with Crippen LogP contribution in [0.1, 0.15) is 11.1 Å². The number of allylic oxidation sites excluding steroid dienone is 1. The SMILES string of the molecule is O=C(Cc1ccc2c(c1)OCCO2)N/N=C\C=C\c1ccccc1. The lowest BCUT2D eigenvalue weighted by Gasteiger charge is -2.18. The fourth-order valence-electron chi connectivity index (χ4n) is 2.29. The van der Waals surface area contributed by atoms with E-state index < -0.39 is 0 Å². The summed E-state index contributed by atoms with van der Waals surface area (Å²) >= 11 is 0. The van der Waals surface area contributed by atoms with Gasteiger partial charge in [0, 0.05) is 6.21 Å². The number of hydrogen-bond acceptors (Lipinski definition) is 4. The van der Waals surface area contributed by atoms with Crippen LogP contribution in [-0.2, 0) is 11.2 Å². The molecule has 0 aromatic heterocycles. The number of amides is 1. The molecule has 1 aliphatic rings. The molecule has 1 aliphatic heterocycles. The minimum atomic E-state index is -0.184. The summed E-state index contributed by atoms with van der Waals surface area (Å²) in [5, 5.41) is 3.90. The van der Waals surface area contributed by atoms with E-state index in [-0.39, 0.29) is 12.3 Å². The summed E-state index contributed by atoms with van der Waals surface area (Å²) in [6.45, 7) is 1.08.